The van der Waals surface area contributed by atoms with E-state index in [9.17, 15) is 13.2 Å². The fraction of sp³-hybridized carbons (Fsp3) is 0.476. The minimum absolute atomic E-state index is 0.0581. The standard InChI is InChI=1S/C21H29N5O5S/c27-21(25-28)20(26-12-4-2-1-3-5-13-26)14-24-32(29,30)19-8-6-18(7-9-19)31-15-17-10-11-22-16-23-17/h6-11,16,20,24,28H,1-5,12-15H2,(H,25,27). The van der Waals surface area contributed by atoms with Gasteiger partial charge in [-0.2, -0.15) is 0 Å². The first-order valence-electron chi connectivity index (χ1n) is 10.6. The highest BCUT2D eigenvalue weighted by molar-refractivity contribution is 7.89. The molecular weight excluding hydrogens is 434 g/mol. The van der Waals surface area contributed by atoms with Crippen molar-refractivity contribution in [3.63, 3.8) is 0 Å². The lowest BCUT2D eigenvalue weighted by Gasteiger charge is -2.31. The summed E-state index contributed by atoms with van der Waals surface area (Å²) in [6, 6.07) is 6.94. The van der Waals surface area contributed by atoms with Crippen molar-refractivity contribution in [2.75, 3.05) is 19.6 Å². The van der Waals surface area contributed by atoms with Crippen molar-refractivity contribution in [2.24, 2.45) is 0 Å². The lowest BCUT2D eigenvalue weighted by molar-refractivity contribution is -0.134. The molecule has 1 aliphatic heterocycles. The lowest BCUT2D eigenvalue weighted by Crippen LogP contribution is -2.53. The number of carbonyl (C=O) groups excluding carboxylic acids is 1. The van der Waals surface area contributed by atoms with Crippen molar-refractivity contribution < 1.29 is 23.2 Å². The molecule has 0 spiro atoms. The number of hydroxylamine groups is 1. The highest BCUT2D eigenvalue weighted by atomic mass is 32.2. The van der Waals surface area contributed by atoms with Crippen LogP contribution in [0.4, 0.5) is 0 Å². The fourth-order valence-electron chi connectivity index (χ4n) is 3.59. The summed E-state index contributed by atoms with van der Waals surface area (Å²) in [5.74, 6) is -0.123. The van der Waals surface area contributed by atoms with E-state index in [-0.39, 0.29) is 18.0 Å². The van der Waals surface area contributed by atoms with E-state index in [4.69, 9.17) is 9.94 Å². The number of sulfonamides is 1. The van der Waals surface area contributed by atoms with Crippen molar-refractivity contribution in [2.45, 2.75) is 49.6 Å². The van der Waals surface area contributed by atoms with Crippen LogP contribution < -0.4 is 14.9 Å². The Morgan fingerprint density at radius 1 is 1.09 bits per heavy atom. The maximum atomic E-state index is 12.8. The smallest absolute Gasteiger partial charge is 0.262 e. The zero-order valence-corrected chi connectivity index (χ0v) is 18.6. The highest BCUT2D eigenvalue weighted by Crippen LogP contribution is 2.18. The molecule has 0 saturated carbocycles. The van der Waals surface area contributed by atoms with Crippen molar-refractivity contribution in [3.05, 3.63) is 48.5 Å². The third-order valence-corrected chi connectivity index (χ3v) is 6.81. The number of hydrogen-bond donors (Lipinski definition) is 3. The van der Waals surface area contributed by atoms with Crippen LogP contribution in [0.15, 0.2) is 47.8 Å². The van der Waals surface area contributed by atoms with Gasteiger partial charge in [0.15, 0.2) is 0 Å². The SMILES string of the molecule is O=C(NO)C(CNS(=O)(=O)c1ccc(OCc2ccncn2)cc1)N1CCCCCCC1. The molecule has 11 heteroatoms. The van der Waals surface area contributed by atoms with Crippen molar-refractivity contribution >= 4 is 15.9 Å². The van der Waals surface area contributed by atoms with E-state index in [1.54, 1.807) is 29.9 Å². The van der Waals surface area contributed by atoms with E-state index in [0.29, 0.717) is 24.5 Å². The third kappa shape index (κ3) is 6.95. The molecule has 1 unspecified atom stereocenters. The van der Waals surface area contributed by atoms with Crippen LogP contribution in [0.1, 0.15) is 37.8 Å². The van der Waals surface area contributed by atoms with Gasteiger partial charge in [0.1, 0.15) is 24.7 Å². The Labute approximate surface area is 188 Å². The predicted molar refractivity (Wildman–Crippen MR) is 116 cm³/mol. The Hall–Kier alpha value is -2.60. The molecule has 10 nitrogen and oxygen atoms in total. The third-order valence-electron chi connectivity index (χ3n) is 5.37. The normalized spacial score (nSPS) is 16.5. The van der Waals surface area contributed by atoms with E-state index in [0.717, 1.165) is 32.1 Å². The van der Waals surface area contributed by atoms with E-state index in [1.807, 2.05) is 4.90 Å². The molecular formula is C21H29N5O5S. The topological polar surface area (TPSA) is 134 Å². The van der Waals surface area contributed by atoms with Crippen LogP contribution in [0.25, 0.3) is 0 Å². The number of hydrogen-bond acceptors (Lipinski definition) is 8. The Morgan fingerprint density at radius 2 is 1.78 bits per heavy atom. The van der Waals surface area contributed by atoms with Crippen LogP contribution in [-0.4, -0.2) is 60.1 Å². The van der Waals surface area contributed by atoms with E-state index < -0.39 is 22.0 Å². The Bertz CT molecular complexity index is 948. The number of carbonyl (C=O) groups is 1. The lowest BCUT2D eigenvalue weighted by atomic mass is 10.1. The number of amides is 1. The molecule has 1 aromatic carbocycles. The van der Waals surface area contributed by atoms with Crippen LogP contribution in [0, 0.1) is 0 Å². The summed E-state index contributed by atoms with van der Waals surface area (Å²) in [6.45, 7) is 1.46. The molecule has 174 valence electrons. The average molecular weight is 464 g/mol. The van der Waals surface area contributed by atoms with Gasteiger partial charge in [-0.15, -0.1) is 0 Å². The van der Waals surface area contributed by atoms with Crippen LogP contribution in [0.2, 0.25) is 0 Å². The molecule has 32 heavy (non-hydrogen) atoms. The fourth-order valence-corrected chi connectivity index (χ4v) is 4.63. The molecule has 1 saturated heterocycles. The van der Waals surface area contributed by atoms with Crippen molar-refractivity contribution in [1.82, 2.24) is 25.1 Å². The van der Waals surface area contributed by atoms with Crippen LogP contribution in [-0.2, 0) is 21.4 Å². The summed E-state index contributed by atoms with van der Waals surface area (Å²) in [6.07, 6.45) is 8.21. The van der Waals surface area contributed by atoms with Crippen LogP contribution in [0.5, 0.6) is 5.75 Å². The second kappa shape index (κ2) is 11.9. The summed E-state index contributed by atoms with van der Waals surface area (Å²) < 4.78 is 33.6. The molecule has 0 radical (unpaired) electrons. The summed E-state index contributed by atoms with van der Waals surface area (Å²) in [4.78, 5) is 22.1. The number of nitrogens with zero attached hydrogens (tertiary/aromatic N) is 3. The second-order valence-electron chi connectivity index (χ2n) is 7.61. The van der Waals surface area contributed by atoms with Gasteiger partial charge in [-0.1, -0.05) is 19.3 Å². The monoisotopic (exact) mass is 463 g/mol. The maximum absolute atomic E-state index is 12.8. The number of aromatic nitrogens is 2. The summed E-state index contributed by atoms with van der Waals surface area (Å²) in [7, 11) is -3.85. The van der Waals surface area contributed by atoms with E-state index in [2.05, 4.69) is 14.7 Å². The van der Waals surface area contributed by atoms with Gasteiger partial charge >= 0.3 is 0 Å². The van der Waals surface area contributed by atoms with Crippen LogP contribution in [0.3, 0.4) is 0 Å². The van der Waals surface area contributed by atoms with Gasteiger partial charge in [-0.25, -0.2) is 28.6 Å². The number of likely N-dealkylation sites (tertiary alicyclic amines) is 1. The molecule has 3 rings (SSSR count). The largest absolute Gasteiger partial charge is 0.487 e. The van der Waals surface area contributed by atoms with Gasteiger partial charge < -0.3 is 4.74 Å². The van der Waals surface area contributed by atoms with Gasteiger partial charge in [0.2, 0.25) is 10.0 Å². The number of ether oxygens (including phenoxy) is 1. The average Bonchev–Trinajstić information content (AvgIpc) is 2.79. The Balaban J connectivity index is 1.61. The molecule has 3 N–H and O–H groups in total. The second-order valence-corrected chi connectivity index (χ2v) is 9.38. The Kier molecular flexibility index (Phi) is 8.91. The van der Waals surface area contributed by atoms with Crippen molar-refractivity contribution in [1.29, 1.82) is 0 Å². The minimum atomic E-state index is -3.85. The summed E-state index contributed by atoms with van der Waals surface area (Å²) in [5.41, 5.74) is 2.37. The first-order valence-corrected chi connectivity index (χ1v) is 12.1. The predicted octanol–water partition coefficient (Wildman–Crippen LogP) is 1.47. The Morgan fingerprint density at radius 3 is 2.41 bits per heavy atom. The van der Waals surface area contributed by atoms with Gasteiger partial charge in [0, 0.05) is 12.7 Å². The van der Waals surface area contributed by atoms with E-state index in [1.165, 1.54) is 18.5 Å². The van der Waals surface area contributed by atoms with Gasteiger partial charge in [-0.05, 0) is 56.3 Å². The zero-order chi connectivity index (χ0) is 22.8. The van der Waals surface area contributed by atoms with Crippen LogP contribution >= 0.6 is 0 Å². The first kappa shape index (κ1) is 24.1. The van der Waals surface area contributed by atoms with Gasteiger partial charge in [-0.3, -0.25) is 14.9 Å². The van der Waals surface area contributed by atoms with Gasteiger partial charge in [0.05, 0.1) is 10.6 Å². The minimum Gasteiger partial charge on any atom is -0.487 e. The zero-order valence-electron chi connectivity index (χ0n) is 17.8. The molecule has 0 bridgehead atoms. The van der Waals surface area contributed by atoms with E-state index >= 15 is 0 Å². The molecule has 1 aliphatic rings. The number of benzene rings is 1. The summed E-state index contributed by atoms with van der Waals surface area (Å²) >= 11 is 0. The molecule has 1 fully saturated rings. The molecule has 1 atom stereocenters. The number of nitrogens with one attached hydrogen (secondary N) is 2. The quantitative estimate of drug-likeness (QED) is 0.376. The molecule has 2 aromatic rings. The summed E-state index contributed by atoms with van der Waals surface area (Å²) in [5, 5.41) is 9.15. The molecule has 1 aromatic heterocycles. The molecule has 1 amide bonds. The van der Waals surface area contributed by atoms with Gasteiger partial charge in [0.25, 0.3) is 5.91 Å². The number of rotatable bonds is 9. The first-order chi connectivity index (χ1) is 15.5. The highest BCUT2D eigenvalue weighted by Gasteiger charge is 2.28. The molecule has 0 aliphatic carbocycles. The van der Waals surface area contributed by atoms with Crippen molar-refractivity contribution in [3.8, 4) is 5.75 Å². The maximum Gasteiger partial charge on any atom is 0.262 e. The molecule has 2 heterocycles.